The van der Waals surface area contributed by atoms with Gasteiger partial charge < -0.3 is 5.32 Å². The van der Waals surface area contributed by atoms with Gasteiger partial charge in [0.05, 0.1) is 11.9 Å². The second-order valence-corrected chi connectivity index (χ2v) is 4.49. The van der Waals surface area contributed by atoms with Gasteiger partial charge >= 0.3 is 0 Å². The van der Waals surface area contributed by atoms with Crippen molar-refractivity contribution in [2.24, 2.45) is 0 Å². The van der Waals surface area contributed by atoms with Gasteiger partial charge in [-0.1, -0.05) is 12.1 Å². The number of nitrogens with zero attached hydrogens (tertiary/aromatic N) is 3. The highest BCUT2D eigenvalue weighted by atomic mass is 32.2. The molecule has 7 nitrogen and oxygen atoms in total. The molecular weight excluding hydrogens is 244 g/mol. The first-order valence-corrected chi connectivity index (χ1v) is 5.99. The van der Waals surface area contributed by atoms with E-state index in [9.17, 15) is 8.42 Å². The average molecular weight is 252 g/mol. The third-order valence-corrected chi connectivity index (χ3v) is 2.84. The summed E-state index contributed by atoms with van der Waals surface area (Å²) in [7, 11) is -4.28. The van der Waals surface area contributed by atoms with Crippen LogP contribution in [0.1, 0.15) is 0 Å². The Balaban J connectivity index is 2.41. The third kappa shape index (κ3) is 2.74. The highest BCUT2D eigenvalue weighted by Gasteiger charge is 2.14. The van der Waals surface area contributed by atoms with Crippen molar-refractivity contribution in [2.75, 3.05) is 5.32 Å². The molecule has 2 rings (SSSR count). The minimum Gasteiger partial charge on any atom is -0.337 e. The maximum absolute atomic E-state index is 11.1. The summed E-state index contributed by atoms with van der Waals surface area (Å²) >= 11 is 0. The zero-order valence-electron chi connectivity index (χ0n) is 8.48. The van der Waals surface area contributed by atoms with Crippen LogP contribution in [-0.2, 0) is 10.1 Å². The normalized spacial score (nSPS) is 11.1. The molecule has 0 spiro atoms. The molecule has 0 bridgehead atoms. The number of hydrogen-bond donors (Lipinski definition) is 2. The molecule has 0 fully saturated rings. The van der Waals surface area contributed by atoms with Crippen LogP contribution in [0.25, 0.3) is 0 Å². The number of hydrogen-bond acceptors (Lipinski definition) is 6. The van der Waals surface area contributed by atoms with Crippen LogP contribution >= 0.6 is 0 Å². The van der Waals surface area contributed by atoms with Gasteiger partial charge in [-0.3, -0.25) is 4.55 Å². The van der Waals surface area contributed by atoms with Gasteiger partial charge in [0.1, 0.15) is 4.90 Å². The molecule has 0 aliphatic carbocycles. The summed E-state index contributed by atoms with van der Waals surface area (Å²) in [5.41, 5.74) is 0.218. The summed E-state index contributed by atoms with van der Waals surface area (Å²) in [6, 6.07) is 7.45. The van der Waals surface area contributed by atoms with E-state index in [1.807, 2.05) is 0 Å². The summed E-state index contributed by atoms with van der Waals surface area (Å²) in [4.78, 5) is -0.224. The lowest BCUT2D eigenvalue weighted by Gasteiger charge is -2.07. The van der Waals surface area contributed by atoms with Crippen LogP contribution in [0.4, 0.5) is 11.5 Å². The van der Waals surface area contributed by atoms with Gasteiger partial charge in [0.25, 0.3) is 10.1 Å². The molecule has 8 heteroatoms. The Labute approximate surface area is 97.3 Å². The number of aromatic nitrogens is 3. The van der Waals surface area contributed by atoms with Gasteiger partial charge in [0.2, 0.25) is 0 Å². The lowest BCUT2D eigenvalue weighted by Crippen LogP contribution is -2.04. The van der Waals surface area contributed by atoms with E-state index >= 15 is 0 Å². The van der Waals surface area contributed by atoms with Crippen LogP contribution in [0.2, 0.25) is 0 Å². The zero-order valence-corrected chi connectivity index (χ0v) is 9.29. The first kappa shape index (κ1) is 11.4. The second kappa shape index (κ2) is 4.44. The largest absolute Gasteiger partial charge is 0.337 e. The van der Waals surface area contributed by atoms with Crippen molar-refractivity contribution in [2.45, 2.75) is 4.90 Å². The lowest BCUT2D eigenvalue weighted by atomic mass is 10.3. The Kier molecular flexibility index (Phi) is 2.98. The van der Waals surface area contributed by atoms with Crippen molar-refractivity contribution in [3.8, 4) is 0 Å². The van der Waals surface area contributed by atoms with E-state index in [0.717, 1.165) is 0 Å². The molecule has 0 saturated carbocycles. The maximum atomic E-state index is 11.1. The maximum Gasteiger partial charge on any atom is 0.296 e. The fraction of sp³-hybridized carbons (Fsp3) is 0. The molecule has 17 heavy (non-hydrogen) atoms. The molecule has 0 unspecified atom stereocenters. The molecule has 0 atom stereocenters. The van der Waals surface area contributed by atoms with Crippen LogP contribution in [0, 0.1) is 0 Å². The predicted molar refractivity (Wildman–Crippen MR) is 59.4 cm³/mol. The monoisotopic (exact) mass is 252 g/mol. The van der Waals surface area contributed by atoms with E-state index in [1.165, 1.54) is 30.5 Å². The standard InChI is InChI=1S/C9H8N4O3S/c14-17(15,16)8-4-2-1-3-7(8)11-9-5-6-10-13-12-9/h1-6H,(H,10,11,12)(H,14,15,16). The first-order chi connectivity index (χ1) is 8.07. The fourth-order valence-electron chi connectivity index (χ4n) is 1.24. The van der Waals surface area contributed by atoms with Crippen LogP contribution in [0.15, 0.2) is 41.4 Å². The average Bonchev–Trinajstić information content (AvgIpc) is 2.30. The molecule has 88 valence electrons. The lowest BCUT2D eigenvalue weighted by molar-refractivity contribution is 0.483. The molecule has 1 heterocycles. The second-order valence-electron chi connectivity index (χ2n) is 3.10. The van der Waals surface area contributed by atoms with Crippen molar-refractivity contribution < 1.29 is 13.0 Å². The van der Waals surface area contributed by atoms with Gasteiger partial charge in [-0.05, 0) is 17.3 Å². The Morgan fingerprint density at radius 1 is 1.18 bits per heavy atom. The number of nitrogens with one attached hydrogen (secondary N) is 1. The third-order valence-electron chi connectivity index (χ3n) is 1.93. The highest BCUT2D eigenvalue weighted by Crippen LogP contribution is 2.22. The first-order valence-electron chi connectivity index (χ1n) is 4.55. The van der Waals surface area contributed by atoms with Crippen molar-refractivity contribution in [1.82, 2.24) is 15.4 Å². The molecular formula is C9H8N4O3S. The van der Waals surface area contributed by atoms with E-state index < -0.39 is 10.1 Å². The fourth-order valence-corrected chi connectivity index (χ4v) is 1.89. The van der Waals surface area contributed by atoms with E-state index in [2.05, 4.69) is 20.7 Å². The van der Waals surface area contributed by atoms with E-state index in [4.69, 9.17) is 4.55 Å². The van der Waals surface area contributed by atoms with Crippen LogP contribution in [0.5, 0.6) is 0 Å². The van der Waals surface area contributed by atoms with Crippen molar-refractivity contribution in [1.29, 1.82) is 0 Å². The molecule has 0 aliphatic heterocycles. The Morgan fingerprint density at radius 3 is 2.59 bits per heavy atom. The molecule has 1 aromatic carbocycles. The Morgan fingerprint density at radius 2 is 1.94 bits per heavy atom. The van der Waals surface area contributed by atoms with Gasteiger partial charge in [-0.2, -0.15) is 8.42 Å². The van der Waals surface area contributed by atoms with E-state index in [1.54, 1.807) is 6.07 Å². The summed E-state index contributed by atoms with van der Waals surface area (Å²) in [6.45, 7) is 0. The molecule has 1 aromatic heterocycles. The summed E-state index contributed by atoms with van der Waals surface area (Å²) in [6.07, 6.45) is 1.41. The summed E-state index contributed by atoms with van der Waals surface area (Å²) < 4.78 is 31.3. The molecule has 0 amide bonds. The molecule has 0 radical (unpaired) electrons. The van der Waals surface area contributed by atoms with Gasteiger partial charge in [-0.25, -0.2) is 0 Å². The minimum absolute atomic E-state index is 0.218. The predicted octanol–water partition coefficient (Wildman–Crippen LogP) is 0.862. The quantitative estimate of drug-likeness (QED) is 0.780. The summed E-state index contributed by atoms with van der Waals surface area (Å²) in [5.74, 6) is 0.330. The molecule has 0 aliphatic rings. The zero-order chi connectivity index (χ0) is 12.3. The number of anilines is 2. The number of rotatable bonds is 3. The molecule has 2 N–H and O–H groups in total. The Bertz CT molecular complexity index is 615. The van der Waals surface area contributed by atoms with E-state index in [-0.39, 0.29) is 10.6 Å². The van der Waals surface area contributed by atoms with Gasteiger partial charge in [-0.15, -0.1) is 10.2 Å². The number of para-hydroxylation sites is 1. The van der Waals surface area contributed by atoms with Crippen molar-refractivity contribution in [3.05, 3.63) is 36.5 Å². The van der Waals surface area contributed by atoms with Crippen LogP contribution in [-0.4, -0.2) is 28.4 Å². The highest BCUT2D eigenvalue weighted by molar-refractivity contribution is 7.86. The SMILES string of the molecule is O=S(=O)(O)c1ccccc1Nc1ccnnn1. The molecule has 2 aromatic rings. The minimum atomic E-state index is -4.28. The Hall–Kier alpha value is -2.06. The number of benzene rings is 1. The topological polar surface area (TPSA) is 105 Å². The van der Waals surface area contributed by atoms with Gasteiger partial charge in [0.15, 0.2) is 5.82 Å². The van der Waals surface area contributed by atoms with E-state index in [0.29, 0.717) is 5.82 Å². The van der Waals surface area contributed by atoms with Crippen LogP contribution < -0.4 is 5.32 Å². The van der Waals surface area contributed by atoms with Crippen molar-refractivity contribution >= 4 is 21.6 Å². The van der Waals surface area contributed by atoms with Crippen LogP contribution in [0.3, 0.4) is 0 Å². The summed E-state index contributed by atoms with van der Waals surface area (Å²) in [5, 5.41) is 13.3. The molecule has 0 saturated heterocycles. The van der Waals surface area contributed by atoms with Gasteiger partial charge in [0, 0.05) is 6.07 Å². The van der Waals surface area contributed by atoms with Crippen molar-refractivity contribution in [3.63, 3.8) is 0 Å². The smallest absolute Gasteiger partial charge is 0.296 e.